The smallest absolute Gasteiger partial charge is 0.245 e. The molecule has 0 radical (unpaired) electrons. The SMILES string of the molecule is CCC1NC(=O)CN(C/C=C/Cl)C1=O. The third kappa shape index (κ3) is 2.48. The summed E-state index contributed by atoms with van der Waals surface area (Å²) in [6.45, 7) is 2.38. The van der Waals surface area contributed by atoms with Crippen molar-refractivity contribution in [3.63, 3.8) is 0 Å². The molecule has 0 bridgehead atoms. The van der Waals surface area contributed by atoms with Crippen molar-refractivity contribution in [1.82, 2.24) is 10.2 Å². The Bertz CT molecular complexity index is 266. The first kappa shape index (κ1) is 11.0. The largest absolute Gasteiger partial charge is 0.343 e. The maximum Gasteiger partial charge on any atom is 0.245 e. The van der Waals surface area contributed by atoms with Gasteiger partial charge in [0.05, 0.1) is 6.54 Å². The zero-order chi connectivity index (χ0) is 10.6. The fourth-order valence-electron chi connectivity index (χ4n) is 1.37. The van der Waals surface area contributed by atoms with E-state index in [1.54, 1.807) is 6.08 Å². The first-order chi connectivity index (χ1) is 6.69. The highest BCUT2D eigenvalue weighted by Gasteiger charge is 2.30. The highest BCUT2D eigenvalue weighted by molar-refractivity contribution is 6.25. The summed E-state index contributed by atoms with van der Waals surface area (Å²) in [6.07, 6.45) is 2.26. The van der Waals surface area contributed by atoms with E-state index in [0.717, 1.165) is 0 Å². The molecule has 1 unspecified atom stereocenters. The van der Waals surface area contributed by atoms with Crippen LogP contribution in [0.4, 0.5) is 0 Å². The maximum absolute atomic E-state index is 11.6. The third-order valence-corrected chi connectivity index (χ3v) is 2.28. The summed E-state index contributed by atoms with van der Waals surface area (Å²) in [7, 11) is 0. The van der Waals surface area contributed by atoms with Crippen molar-refractivity contribution in [2.24, 2.45) is 0 Å². The number of hydrogen-bond acceptors (Lipinski definition) is 2. The fraction of sp³-hybridized carbons (Fsp3) is 0.556. The number of carbonyl (C=O) groups excluding carboxylic acids is 2. The minimum Gasteiger partial charge on any atom is -0.343 e. The van der Waals surface area contributed by atoms with E-state index in [1.165, 1.54) is 10.4 Å². The molecule has 1 aliphatic rings. The van der Waals surface area contributed by atoms with Crippen molar-refractivity contribution in [1.29, 1.82) is 0 Å². The molecule has 0 saturated carbocycles. The molecular weight excluding hydrogens is 204 g/mol. The quantitative estimate of drug-likeness (QED) is 0.746. The third-order valence-electron chi connectivity index (χ3n) is 2.10. The van der Waals surface area contributed by atoms with Crippen molar-refractivity contribution in [3.8, 4) is 0 Å². The molecular formula is C9H13ClN2O2. The van der Waals surface area contributed by atoms with Gasteiger partial charge < -0.3 is 10.2 Å². The van der Waals surface area contributed by atoms with Crippen molar-refractivity contribution in [2.75, 3.05) is 13.1 Å². The molecule has 4 nitrogen and oxygen atoms in total. The Morgan fingerprint density at radius 1 is 1.64 bits per heavy atom. The molecule has 0 aromatic carbocycles. The van der Waals surface area contributed by atoms with Gasteiger partial charge in [-0.05, 0) is 6.42 Å². The number of hydrogen-bond donors (Lipinski definition) is 1. The summed E-state index contributed by atoms with van der Waals surface area (Å²) in [5.74, 6) is -0.152. The van der Waals surface area contributed by atoms with E-state index in [4.69, 9.17) is 11.6 Å². The second kappa shape index (κ2) is 5.00. The van der Waals surface area contributed by atoms with E-state index < -0.39 is 0 Å². The molecule has 1 atom stereocenters. The van der Waals surface area contributed by atoms with Gasteiger partial charge in [-0.2, -0.15) is 0 Å². The summed E-state index contributed by atoms with van der Waals surface area (Å²) in [5.41, 5.74) is 1.35. The Morgan fingerprint density at radius 2 is 2.36 bits per heavy atom. The average Bonchev–Trinajstić information content (AvgIpc) is 2.18. The standard InChI is InChI=1S/C9H13ClN2O2/c1-2-7-9(14)12(5-3-4-10)6-8(13)11-7/h3-4,7H,2,5-6H2,1H3,(H,11,13)/b4-3+. The van der Waals surface area contributed by atoms with E-state index in [9.17, 15) is 9.59 Å². The molecule has 5 heteroatoms. The van der Waals surface area contributed by atoms with Gasteiger partial charge in [0.2, 0.25) is 11.8 Å². The number of nitrogens with zero attached hydrogens (tertiary/aromatic N) is 1. The minimum atomic E-state index is -0.375. The Labute approximate surface area is 87.9 Å². The lowest BCUT2D eigenvalue weighted by Gasteiger charge is -2.31. The summed E-state index contributed by atoms with van der Waals surface area (Å²) in [4.78, 5) is 24.3. The van der Waals surface area contributed by atoms with Crippen molar-refractivity contribution in [3.05, 3.63) is 11.6 Å². The van der Waals surface area contributed by atoms with Crippen LogP contribution in [0.15, 0.2) is 11.6 Å². The van der Waals surface area contributed by atoms with Crippen LogP contribution in [0, 0.1) is 0 Å². The predicted molar refractivity (Wildman–Crippen MR) is 53.8 cm³/mol. The number of piperazine rings is 1. The van der Waals surface area contributed by atoms with Gasteiger partial charge in [-0.15, -0.1) is 0 Å². The van der Waals surface area contributed by atoms with Gasteiger partial charge in [0.25, 0.3) is 0 Å². The van der Waals surface area contributed by atoms with Crippen LogP contribution in [0.1, 0.15) is 13.3 Å². The van der Waals surface area contributed by atoms with Crippen LogP contribution >= 0.6 is 11.6 Å². The summed E-state index contributed by atoms with van der Waals surface area (Å²) in [6, 6.07) is -0.375. The van der Waals surface area contributed by atoms with E-state index >= 15 is 0 Å². The molecule has 1 rings (SSSR count). The Hall–Kier alpha value is -1.03. The number of halogens is 1. The molecule has 0 aliphatic carbocycles. The highest BCUT2D eigenvalue weighted by atomic mass is 35.5. The molecule has 0 spiro atoms. The molecule has 1 saturated heterocycles. The molecule has 78 valence electrons. The second-order valence-corrected chi connectivity index (χ2v) is 3.36. The van der Waals surface area contributed by atoms with Gasteiger partial charge in [-0.1, -0.05) is 24.6 Å². The molecule has 14 heavy (non-hydrogen) atoms. The number of carbonyl (C=O) groups is 2. The van der Waals surface area contributed by atoms with Crippen LogP contribution in [0.25, 0.3) is 0 Å². The fourth-order valence-corrected chi connectivity index (χ4v) is 1.45. The minimum absolute atomic E-state index is 0.0399. The van der Waals surface area contributed by atoms with Gasteiger partial charge in [0.1, 0.15) is 6.04 Å². The lowest BCUT2D eigenvalue weighted by molar-refractivity contribution is -0.143. The first-order valence-electron chi connectivity index (χ1n) is 4.52. The maximum atomic E-state index is 11.6. The lowest BCUT2D eigenvalue weighted by atomic mass is 10.1. The van der Waals surface area contributed by atoms with Crippen molar-refractivity contribution < 1.29 is 9.59 Å². The molecule has 1 heterocycles. The zero-order valence-corrected chi connectivity index (χ0v) is 8.75. The van der Waals surface area contributed by atoms with Gasteiger partial charge in [0.15, 0.2) is 0 Å². The van der Waals surface area contributed by atoms with Gasteiger partial charge in [0, 0.05) is 12.1 Å². The first-order valence-corrected chi connectivity index (χ1v) is 4.96. The summed E-state index contributed by atoms with van der Waals surface area (Å²) >= 11 is 5.36. The number of amides is 2. The van der Waals surface area contributed by atoms with Crippen molar-refractivity contribution >= 4 is 23.4 Å². The zero-order valence-electron chi connectivity index (χ0n) is 8.00. The average molecular weight is 217 g/mol. The van der Waals surface area contributed by atoms with Crippen LogP contribution in [-0.2, 0) is 9.59 Å². The molecule has 1 N–H and O–H groups in total. The van der Waals surface area contributed by atoms with Crippen LogP contribution in [0.2, 0.25) is 0 Å². The molecule has 1 fully saturated rings. The summed E-state index contributed by atoms with van der Waals surface area (Å²) in [5, 5.41) is 2.63. The Balaban J connectivity index is 2.64. The molecule has 1 aliphatic heterocycles. The molecule has 2 amide bonds. The Kier molecular flexibility index (Phi) is 3.95. The number of rotatable bonds is 3. The van der Waals surface area contributed by atoms with E-state index in [1.807, 2.05) is 6.92 Å². The van der Waals surface area contributed by atoms with Crippen LogP contribution in [-0.4, -0.2) is 35.8 Å². The predicted octanol–water partition coefficient (Wildman–Crippen LogP) is 0.476. The summed E-state index contributed by atoms with van der Waals surface area (Å²) < 4.78 is 0. The van der Waals surface area contributed by atoms with Crippen LogP contribution < -0.4 is 5.32 Å². The topological polar surface area (TPSA) is 49.4 Å². The van der Waals surface area contributed by atoms with E-state index in [2.05, 4.69) is 5.32 Å². The lowest BCUT2D eigenvalue weighted by Crippen LogP contribution is -2.57. The van der Waals surface area contributed by atoms with Crippen molar-refractivity contribution in [2.45, 2.75) is 19.4 Å². The van der Waals surface area contributed by atoms with E-state index in [-0.39, 0.29) is 24.4 Å². The monoisotopic (exact) mass is 216 g/mol. The second-order valence-electron chi connectivity index (χ2n) is 3.11. The van der Waals surface area contributed by atoms with Crippen LogP contribution in [0.5, 0.6) is 0 Å². The van der Waals surface area contributed by atoms with E-state index in [0.29, 0.717) is 13.0 Å². The normalized spacial score (nSPS) is 23.0. The molecule has 0 aromatic rings. The number of nitrogens with one attached hydrogen (secondary N) is 1. The van der Waals surface area contributed by atoms with Gasteiger partial charge in [-0.3, -0.25) is 9.59 Å². The molecule has 0 aromatic heterocycles. The Morgan fingerprint density at radius 3 is 2.93 bits per heavy atom. The highest BCUT2D eigenvalue weighted by Crippen LogP contribution is 2.05. The van der Waals surface area contributed by atoms with Gasteiger partial charge in [-0.25, -0.2) is 0 Å². The van der Waals surface area contributed by atoms with Crippen LogP contribution in [0.3, 0.4) is 0 Å². The van der Waals surface area contributed by atoms with Gasteiger partial charge >= 0.3 is 0 Å².